The number of nitrogens with two attached hydrogens (primary N) is 1. The van der Waals surface area contributed by atoms with Crippen LogP contribution in [-0.2, 0) is 5.67 Å². The zero-order valence-corrected chi connectivity index (χ0v) is 15.6. The van der Waals surface area contributed by atoms with Gasteiger partial charge in [-0.1, -0.05) is 0 Å². The van der Waals surface area contributed by atoms with E-state index in [0.717, 1.165) is 0 Å². The summed E-state index contributed by atoms with van der Waals surface area (Å²) >= 11 is 0. The van der Waals surface area contributed by atoms with Crippen molar-refractivity contribution in [3.05, 3.63) is 24.0 Å². The van der Waals surface area contributed by atoms with Gasteiger partial charge in [-0.25, -0.2) is 4.39 Å². The van der Waals surface area contributed by atoms with Gasteiger partial charge < -0.3 is 24.8 Å². The van der Waals surface area contributed by atoms with E-state index in [-0.39, 0.29) is 17.7 Å². The fourth-order valence-electron chi connectivity index (χ4n) is 2.08. The number of nitrogens with zero attached hydrogens (tertiary/aromatic N) is 4. The molecule has 2 aromatic rings. The summed E-state index contributed by atoms with van der Waals surface area (Å²) in [7, 11) is 4.90. The van der Waals surface area contributed by atoms with Crippen LogP contribution in [0.2, 0.25) is 0 Å². The highest BCUT2D eigenvalue weighted by atomic mass is 19.1. The second kappa shape index (κ2) is 8.03. The number of anilines is 2. The van der Waals surface area contributed by atoms with Gasteiger partial charge in [0.25, 0.3) is 0 Å². The number of benzene rings is 1. The largest absolute Gasteiger partial charge is 0.496 e. The van der Waals surface area contributed by atoms with Crippen molar-refractivity contribution in [2.45, 2.75) is 19.5 Å². The molecule has 8 nitrogen and oxygen atoms in total. The van der Waals surface area contributed by atoms with E-state index in [1.54, 1.807) is 44.4 Å². The molecule has 0 saturated carbocycles. The van der Waals surface area contributed by atoms with Crippen LogP contribution in [0.4, 0.5) is 16.3 Å². The van der Waals surface area contributed by atoms with Crippen LogP contribution >= 0.6 is 0 Å². The van der Waals surface area contributed by atoms with Crippen LogP contribution in [0, 0.1) is 0 Å². The van der Waals surface area contributed by atoms with Crippen molar-refractivity contribution in [1.82, 2.24) is 15.0 Å². The summed E-state index contributed by atoms with van der Waals surface area (Å²) in [5.74, 6) is 2.12. The molecule has 0 aliphatic carbocycles. The Morgan fingerprint density at radius 2 is 1.62 bits per heavy atom. The number of likely N-dealkylation sites (N-methyl/N-ethyl adjacent to an activating group) is 1. The maximum absolute atomic E-state index is 14.1. The minimum absolute atomic E-state index is 0.00898. The van der Waals surface area contributed by atoms with E-state index >= 15 is 0 Å². The molecule has 2 rings (SSSR count). The Bertz CT molecular complexity index is 729. The molecule has 142 valence electrons. The molecule has 1 aromatic carbocycles. The highest BCUT2D eigenvalue weighted by Gasteiger charge is 2.24. The number of alkyl halides is 1. The molecule has 0 bridgehead atoms. The van der Waals surface area contributed by atoms with E-state index in [1.807, 2.05) is 0 Å². The van der Waals surface area contributed by atoms with E-state index in [9.17, 15) is 4.39 Å². The van der Waals surface area contributed by atoms with Crippen molar-refractivity contribution in [3.8, 4) is 17.2 Å². The molecule has 0 spiro atoms. The van der Waals surface area contributed by atoms with Crippen LogP contribution < -0.4 is 24.8 Å². The average Bonchev–Trinajstić information content (AvgIpc) is 2.59. The van der Waals surface area contributed by atoms with Crippen LogP contribution in [0.5, 0.6) is 17.2 Å². The number of ether oxygens (including phenoxy) is 3. The quantitative estimate of drug-likeness (QED) is 0.761. The van der Waals surface area contributed by atoms with E-state index < -0.39 is 5.67 Å². The Labute approximate surface area is 152 Å². The Morgan fingerprint density at radius 3 is 2.15 bits per heavy atom. The predicted octanol–water partition coefficient (Wildman–Crippen LogP) is 2.19. The molecule has 0 aliphatic heterocycles. The molecule has 0 amide bonds. The first-order valence-corrected chi connectivity index (χ1v) is 8.01. The van der Waals surface area contributed by atoms with Gasteiger partial charge in [0, 0.05) is 25.2 Å². The molecule has 1 heterocycles. The highest BCUT2D eigenvalue weighted by molar-refractivity contribution is 5.42. The van der Waals surface area contributed by atoms with Gasteiger partial charge >= 0.3 is 0 Å². The second-order valence-corrected chi connectivity index (χ2v) is 6.11. The first kappa shape index (κ1) is 19.5. The lowest BCUT2D eigenvalue weighted by Crippen LogP contribution is -2.28. The number of hydrogen-bond donors (Lipinski definition) is 1. The van der Waals surface area contributed by atoms with Gasteiger partial charge in [0.2, 0.25) is 11.9 Å². The number of methoxy groups -OCH3 is 2. The summed E-state index contributed by atoms with van der Waals surface area (Å²) in [5, 5.41) is 0. The van der Waals surface area contributed by atoms with Crippen molar-refractivity contribution in [3.63, 3.8) is 0 Å². The second-order valence-electron chi connectivity index (χ2n) is 6.11. The average molecular weight is 365 g/mol. The minimum atomic E-state index is -1.71. The molecule has 1 aromatic heterocycles. The van der Waals surface area contributed by atoms with Crippen molar-refractivity contribution in [1.29, 1.82) is 0 Å². The standard InChI is InChI=1S/C17H24FN5O3/c1-17(2,18)14-20-15(19)22-16(21-14)23(3)6-7-26-13-9-11(24-4)8-12(10-13)25-5/h8-10H,6-7H2,1-5H3,(H2,19,20,21,22). The molecule has 26 heavy (non-hydrogen) atoms. The smallest absolute Gasteiger partial charge is 0.230 e. The van der Waals surface area contributed by atoms with Gasteiger partial charge in [0.1, 0.15) is 23.9 Å². The first-order valence-electron chi connectivity index (χ1n) is 8.01. The van der Waals surface area contributed by atoms with E-state index in [1.165, 1.54) is 13.8 Å². The molecule has 0 aliphatic rings. The lowest BCUT2D eigenvalue weighted by molar-refractivity contribution is 0.206. The van der Waals surface area contributed by atoms with Gasteiger partial charge in [-0.3, -0.25) is 0 Å². The predicted molar refractivity (Wildman–Crippen MR) is 96.7 cm³/mol. The summed E-state index contributed by atoms with van der Waals surface area (Å²) in [4.78, 5) is 13.7. The van der Waals surface area contributed by atoms with Crippen LogP contribution in [-0.4, -0.2) is 49.4 Å². The summed E-state index contributed by atoms with van der Waals surface area (Å²) in [6, 6.07) is 5.27. The molecule has 0 unspecified atom stereocenters. The zero-order chi connectivity index (χ0) is 19.3. The minimum Gasteiger partial charge on any atom is -0.496 e. The summed E-state index contributed by atoms with van der Waals surface area (Å²) in [6.07, 6.45) is 0. The van der Waals surface area contributed by atoms with E-state index in [4.69, 9.17) is 19.9 Å². The Balaban J connectivity index is 2.03. The van der Waals surface area contributed by atoms with E-state index in [2.05, 4.69) is 15.0 Å². The number of aromatic nitrogens is 3. The Hall–Kier alpha value is -2.84. The number of hydrogen-bond acceptors (Lipinski definition) is 8. The SMILES string of the molecule is COc1cc(OC)cc(OCCN(C)c2nc(N)nc(C(C)(C)F)n2)c1. The lowest BCUT2D eigenvalue weighted by Gasteiger charge is -2.20. The number of rotatable bonds is 8. The molecular formula is C17H24FN5O3. The van der Waals surface area contributed by atoms with Gasteiger partial charge in [-0.05, 0) is 13.8 Å². The van der Waals surface area contributed by atoms with Crippen molar-refractivity contribution >= 4 is 11.9 Å². The Morgan fingerprint density at radius 1 is 1.04 bits per heavy atom. The maximum Gasteiger partial charge on any atom is 0.230 e. The third kappa shape index (κ3) is 5.08. The molecular weight excluding hydrogens is 341 g/mol. The number of halogens is 1. The van der Waals surface area contributed by atoms with Crippen LogP contribution in [0.3, 0.4) is 0 Å². The molecule has 0 atom stereocenters. The van der Waals surface area contributed by atoms with Crippen LogP contribution in [0.1, 0.15) is 19.7 Å². The fourth-order valence-corrected chi connectivity index (χ4v) is 2.08. The lowest BCUT2D eigenvalue weighted by atomic mass is 10.1. The third-order valence-corrected chi connectivity index (χ3v) is 3.53. The van der Waals surface area contributed by atoms with Gasteiger partial charge in [0.05, 0.1) is 20.8 Å². The van der Waals surface area contributed by atoms with Crippen molar-refractivity contribution < 1.29 is 18.6 Å². The van der Waals surface area contributed by atoms with Crippen LogP contribution in [0.15, 0.2) is 18.2 Å². The van der Waals surface area contributed by atoms with Gasteiger partial charge in [-0.15, -0.1) is 0 Å². The molecule has 0 fully saturated rings. The molecule has 9 heteroatoms. The van der Waals surface area contributed by atoms with Gasteiger partial charge in [0.15, 0.2) is 11.5 Å². The van der Waals surface area contributed by atoms with Gasteiger partial charge in [-0.2, -0.15) is 15.0 Å². The first-order chi connectivity index (χ1) is 12.2. The zero-order valence-electron chi connectivity index (χ0n) is 15.6. The Kier molecular flexibility index (Phi) is 6.01. The third-order valence-electron chi connectivity index (χ3n) is 3.53. The molecule has 0 radical (unpaired) electrons. The highest BCUT2D eigenvalue weighted by Crippen LogP contribution is 2.27. The topological polar surface area (TPSA) is 95.6 Å². The van der Waals surface area contributed by atoms with E-state index in [0.29, 0.717) is 30.4 Å². The summed E-state index contributed by atoms with van der Waals surface area (Å²) < 4.78 is 30.2. The van der Waals surface area contributed by atoms with Crippen molar-refractivity contribution in [2.75, 3.05) is 45.1 Å². The summed E-state index contributed by atoms with van der Waals surface area (Å²) in [6.45, 7) is 3.53. The number of nitrogen functional groups attached to an aromatic ring is 1. The normalized spacial score (nSPS) is 11.2. The van der Waals surface area contributed by atoms with Crippen molar-refractivity contribution in [2.24, 2.45) is 0 Å². The fraction of sp³-hybridized carbons (Fsp3) is 0.471. The monoisotopic (exact) mass is 365 g/mol. The summed E-state index contributed by atoms with van der Waals surface area (Å²) in [5.41, 5.74) is 3.95. The molecule has 0 saturated heterocycles. The van der Waals surface area contributed by atoms with Crippen LogP contribution in [0.25, 0.3) is 0 Å². The molecule has 2 N–H and O–H groups in total. The maximum atomic E-state index is 14.1.